The van der Waals surface area contributed by atoms with Gasteiger partial charge in [-0.25, -0.2) is 4.99 Å². The van der Waals surface area contributed by atoms with Gasteiger partial charge in [0.15, 0.2) is 0 Å². The lowest BCUT2D eigenvalue weighted by Crippen LogP contribution is -1.88. The zero-order valence-corrected chi connectivity index (χ0v) is 7.27. The first-order chi connectivity index (χ1) is 3.81. The molecule has 4 heteroatoms. The summed E-state index contributed by atoms with van der Waals surface area (Å²) in [5.41, 5.74) is 0. The van der Waals surface area contributed by atoms with Crippen LogP contribution in [0.5, 0.6) is 0 Å². The quantitative estimate of drug-likeness (QED) is 0.260. The van der Waals surface area contributed by atoms with Crippen LogP contribution in [0.1, 0.15) is 6.92 Å². The summed E-state index contributed by atoms with van der Waals surface area (Å²) in [5.74, 6) is 0. The maximum atomic E-state index is 5.46. The van der Waals surface area contributed by atoms with E-state index in [2.05, 4.69) is 8.52 Å². The van der Waals surface area contributed by atoms with Gasteiger partial charge in [-0.15, -0.1) is 0 Å². The van der Waals surface area contributed by atoms with Crippen LogP contribution in [0.2, 0.25) is 0 Å². The van der Waals surface area contributed by atoms with E-state index < -0.39 is 0 Å². The maximum Gasteiger partial charge on any atom is 0.126 e. The highest BCUT2D eigenvalue weighted by atomic mass is 127. The van der Waals surface area contributed by atoms with Crippen molar-refractivity contribution in [2.45, 2.75) is 6.92 Å². The second-order valence-electron chi connectivity index (χ2n) is 0.979. The van der Waals surface area contributed by atoms with Crippen LogP contribution in [0.4, 0.5) is 0 Å². The normalized spacial score (nSPS) is 12.6. The first-order valence-electron chi connectivity index (χ1n) is 2.01. The zero-order valence-electron chi connectivity index (χ0n) is 4.36. The lowest BCUT2D eigenvalue weighted by molar-refractivity contribution is 1.45. The molecule has 0 rings (SSSR count). The first kappa shape index (κ1) is 8.23. The summed E-state index contributed by atoms with van der Waals surface area (Å²) in [6.45, 7) is 1.83. The molecule has 0 saturated heterocycles. The fraction of sp³-hybridized carbons (Fsp3) is 0.250. The monoisotopic (exact) mass is 244 g/mol. The van der Waals surface area contributed by atoms with Gasteiger partial charge in [0.2, 0.25) is 0 Å². The van der Waals surface area contributed by atoms with Crippen molar-refractivity contribution in [3.05, 3.63) is 11.2 Å². The molecule has 0 spiro atoms. The molecule has 0 amide bonds. The molecule has 0 unspecified atom stereocenters. The highest BCUT2D eigenvalue weighted by Gasteiger charge is 1.76. The van der Waals surface area contributed by atoms with Crippen molar-refractivity contribution in [3.63, 3.8) is 0 Å². The van der Waals surface area contributed by atoms with Gasteiger partial charge in [0.1, 0.15) is 5.16 Å². The molecule has 0 aromatic heterocycles. The fourth-order valence-corrected chi connectivity index (χ4v) is 0.349. The molecule has 8 heavy (non-hydrogen) atoms. The summed E-state index contributed by atoms with van der Waals surface area (Å²) >= 11 is 7.42. The van der Waals surface area contributed by atoms with Crippen molar-refractivity contribution in [1.29, 1.82) is 0 Å². The molecule has 0 fully saturated rings. The minimum atomic E-state index is 0.495. The molecular formula is C4H6ClIN2. The van der Waals surface area contributed by atoms with E-state index in [-0.39, 0.29) is 0 Å². The van der Waals surface area contributed by atoms with Crippen LogP contribution in [0, 0.1) is 0 Å². The Morgan fingerprint density at radius 1 is 1.88 bits per heavy atom. The predicted octanol–water partition coefficient (Wildman–Crippen LogP) is 2.05. The second kappa shape index (κ2) is 5.37. The summed E-state index contributed by atoms with van der Waals surface area (Å²) in [6.07, 6.45) is 3.23. The summed E-state index contributed by atoms with van der Waals surface area (Å²) in [5, 5.41) is 0.495. The molecule has 0 aromatic carbocycles. The van der Waals surface area contributed by atoms with Gasteiger partial charge < -0.3 is 3.53 Å². The topological polar surface area (TPSA) is 24.4 Å². The van der Waals surface area contributed by atoms with Crippen molar-refractivity contribution < 1.29 is 0 Å². The van der Waals surface area contributed by atoms with Crippen LogP contribution in [0.25, 0.3) is 0 Å². The smallest absolute Gasteiger partial charge is 0.126 e. The van der Waals surface area contributed by atoms with E-state index in [0.717, 1.165) is 0 Å². The average molecular weight is 244 g/mol. The van der Waals surface area contributed by atoms with E-state index >= 15 is 0 Å². The van der Waals surface area contributed by atoms with Gasteiger partial charge in [0.05, 0.1) is 29.2 Å². The number of nitrogens with one attached hydrogen (secondary N) is 1. The number of hydrogen-bond acceptors (Lipinski definition) is 1. The molecule has 0 bridgehead atoms. The zero-order chi connectivity index (χ0) is 6.41. The average Bonchev–Trinajstić information content (AvgIpc) is 1.83. The van der Waals surface area contributed by atoms with Crippen LogP contribution in [0.3, 0.4) is 0 Å². The van der Waals surface area contributed by atoms with Gasteiger partial charge in [0.25, 0.3) is 0 Å². The van der Waals surface area contributed by atoms with E-state index in [4.69, 9.17) is 11.6 Å². The van der Waals surface area contributed by atoms with Crippen LogP contribution in [0.15, 0.2) is 16.2 Å². The maximum absolute atomic E-state index is 5.46. The summed E-state index contributed by atoms with van der Waals surface area (Å²) in [7, 11) is 0. The Kier molecular flexibility index (Phi) is 5.52. The number of hydrogen-bond donors (Lipinski definition) is 1. The Morgan fingerprint density at radius 2 is 2.50 bits per heavy atom. The van der Waals surface area contributed by atoms with Crippen molar-refractivity contribution >= 4 is 40.8 Å². The third-order valence-corrected chi connectivity index (χ3v) is 1.07. The summed E-state index contributed by atoms with van der Waals surface area (Å²) < 4.78 is 2.69. The predicted molar refractivity (Wildman–Crippen MR) is 45.3 cm³/mol. The number of rotatable bonds is 2. The first-order valence-corrected chi connectivity index (χ1v) is 3.47. The van der Waals surface area contributed by atoms with Gasteiger partial charge in [-0.3, -0.25) is 0 Å². The Morgan fingerprint density at radius 3 is 2.88 bits per heavy atom. The summed E-state index contributed by atoms with van der Waals surface area (Å²) in [4.78, 5) is 3.74. The summed E-state index contributed by atoms with van der Waals surface area (Å²) in [6, 6.07) is 0. The van der Waals surface area contributed by atoms with E-state index in [0.29, 0.717) is 5.16 Å². The third-order valence-electron chi connectivity index (χ3n) is 0.475. The van der Waals surface area contributed by atoms with E-state index in [1.54, 1.807) is 6.08 Å². The van der Waals surface area contributed by atoms with Crippen LogP contribution < -0.4 is 3.53 Å². The Bertz CT molecular complexity index is 111. The Labute approximate surface area is 67.5 Å². The number of halogens is 2. The van der Waals surface area contributed by atoms with Gasteiger partial charge >= 0.3 is 0 Å². The molecule has 0 aromatic rings. The van der Waals surface area contributed by atoms with E-state index in [9.17, 15) is 0 Å². The number of nitrogens with zero attached hydrogens (tertiary/aromatic N) is 1. The second-order valence-corrected chi connectivity index (χ2v) is 1.99. The largest absolute Gasteiger partial charge is 0.319 e. The van der Waals surface area contributed by atoms with Gasteiger partial charge in [-0.2, -0.15) is 0 Å². The molecule has 0 aliphatic heterocycles. The minimum absolute atomic E-state index is 0.495. The molecule has 46 valence electrons. The molecule has 0 radical (unpaired) electrons. The molecule has 0 heterocycles. The molecule has 0 aliphatic carbocycles. The van der Waals surface area contributed by atoms with Crippen molar-refractivity contribution in [3.8, 4) is 0 Å². The van der Waals surface area contributed by atoms with E-state index in [1.807, 2.05) is 29.8 Å². The molecule has 1 N–H and O–H groups in total. The molecular weight excluding hydrogens is 238 g/mol. The third kappa shape index (κ3) is 4.39. The molecule has 0 aliphatic rings. The highest BCUT2D eigenvalue weighted by Crippen LogP contribution is 1.99. The SMILES string of the molecule is C/C=C(Cl)/N=C\NI. The van der Waals surface area contributed by atoms with Crippen molar-refractivity contribution in [2.24, 2.45) is 4.99 Å². The van der Waals surface area contributed by atoms with Gasteiger partial charge in [-0.1, -0.05) is 17.7 Å². The van der Waals surface area contributed by atoms with Crippen molar-refractivity contribution in [1.82, 2.24) is 3.53 Å². The lowest BCUT2D eigenvalue weighted by Gasteiger charge is -1.82. The van der Waals surface area contributed by atoms with Crippen LogP contribution >= 0.6 is 34.5 Å². The van der Waals surface area contributed by atoms with Gasteiger partial charge in [-0.05, 0) is 6.92 Å². The standard InChI is InChI=1S/C4H6ClIN2/c1-2-4(5)7-3-8-6/h2-3H,1H3,(H,7,8)/b4-2+. The van der Waals surface area contributed by atoms with E-state index in [1.165, 1.54) is 6.34 Å². The molecule has 0 atom stereocenters. The number of allylic oxidation sites excluding steroid dienone is 1. The lowest BCUT2D eigenvalue weighted by atomic mass is 10.7. The molecule has 0 saturated carbocycles. The van der Waals surface area contributed by atoms with Gasteiger partial charge in [0, 0.05) is 0 Å². The highest BCUT2D eigenvalue weighted by molar-refractivity contribution is 14.1. The fourth-order valence-electron chi connectivity index (χ4n) is 0.161. The van der Waals surface area contributed by atoms with Crippen LogP contribution in [-0.4, -0.2) is 6.34 Å². The number of aliphatic imine (C=N–C) groups is 1. The minimum Gasteiger partial charge on any atom is -0.319 e. The van der Waals surface area contributed by atoms with Crippen LogP contribution in [-0.2, 0) is 0 Å². The Hall–Kier alpha value is 0.230. The molecule has 2 nitrogen and oxygen atoms in total. The Balaban J connectivity index is 3.53. The van der Waals surface area contributed by atoms with Crippen molar-refractivity contribution in [2.75, 3.05) is 0 Å².